The molecule has 1 atom stereocenters. The molecular formula is C19H38IN5S. The van der Waals surface area contributed by atoms with Gasteiger partial charge in [-0.2, -0.15) is 0 Å². The molecule has 0 aliphatic rings. The molecule has 0 aliphatic heterocycles. The van der Waals surface area contributed by atoms with Gasteiger partial charge < -0.3 is 15.5 Å². The minimum Gasteiger partial charge on any atom is -0.354 e. The number of nitrogens with one attached hydrogen (secondary N) is 2. The van der Waals surface area contributed by atoms with E-state index in [1.54, 1.807) is 11.3 Å². The zero-order valence-corrected chi connectivity index (χ0v) is 20.7. The van der Waals surface area contributed by atoms with Gasteiger partial charge in [0.1, 0.15) is 5.01 Å². The van der Waals surface area contributed by atoms with Gasteiger partial charge in [-0.3, -0.25) is 4.99 Å². The van der Waals surface area contributed by atoms with Gasteiger partial charge in [0.05, 0.1) is 12.2 Å². The predicted octanol–water partition coefficient (Wildman–Crippen LogP) is 4.23. The highest BCUT2D eigenvalue weighted by atomic mass is 127. The van der Waals surface area contributed by atoms with Crippen LogP contribution in [-0.2, 0) is 12.0 Å². The lowest BCUT2D eigenvalue weighted by atomic mass is 9.93. The Morgan fingerprint density at radius 2 is 1.96 bits per heavy atom. The number of aliphatic imine (C=N–C) groups is 1. The number of nitrogens with zero attached hydrogens (tertiary/aromatic N) is 3. The third-order valence-electron chi connectivity index (χ3n) is 4.34. The molecule has 2 N–H and O–H groups in total. The molecule has 0 spiro atoms. The molecule has 0 saturated heterocycles. The number of rotatable bonds is 9. The Kier molecular flexibility index (Phi) is 12.7. The maximum absolute atomic E-state index is 4.72. The zero-order valence-electron chi connectivity index (χ0n) is 17.6. The quantitative estimate of drug-likeness (QED) is 0.306. The number of halogens is 1. The molecule has 1 heterocycles. The molecule has 0 bridgehead atoms. The lowest BCUT2D eigenvalue weighted by Crippen LogP contribution is -2.42. The first kappa shape index (κ1) is 25.6. The summed E-state index contributed by atoms with van der Waals surface area (Å²) < 4.78 is 0. The summed E-state index contributed by atoms with van der Waals surface area (Å²) in [6.07, 6.45) is 2.34. The van der Waals surface area contributed by atoms with Crippen LogP contribution in [0.5, 0.6) is 0 Å². The average Bonchev–Trinajstić information content (AvgIpc) is 3.04. The van der Waals surface area contributed by atoms with Crippen molar-refractivity contribution in [3.05, 3.63) is 16.1 Å². The molecule has 1 unspecified atom stereocenters. The van der Waals surface area contributed by atoms with Gasteiger partial charge in [-0.15, -0.1) is 35.3 Å². The van der Waals surface area contributed by atoms with Crippen LogP contribution in [0.3, 0.4) is 0 Å². The van der Waals surface area contributed by atoms with Crippen LogP contribution in [0.1, 0.15) is 65.1 Å². The van der Waals surface area contributed by atoms with Gasteiger partial charge in [0, 0.05) is 23.9 Å². The van der Waals surface area contributed by atoms with E-state index in [0.29, 0.717) is 12.6 Å². The third-order valence-corrected chi connectivity index (χ3v) is 5.19. The molecule has 0 radical (unpaired) electrons. The smallest absolute Gasteiger partial charge is 0.191 e. The minimum atomic E-state index is 0. The molecule has 1 rings (SSSR count). The SMILES string of the molecule is CCN(CC)CCCC(C)NC(=NC)NCc1nc(C(C)(C)C)cs1.I. The first-order valence-electron chi connectivity index (χ1n) is 9.44. The summed E-state index contributed by atoms with van der Waals surface area (Å²) in [4.78, 5) is 11.5. The van der Waals surface area contributed by atoms with Crippen molar-refractivity contribution in [1.29, 1.82) is 0 Å². The second-order valence-corrected chi connectivity index (χ2v) is 8.46. The Morgan fingerprint density at radius 3 is 2.46 bits per heavy atom. The number of hydrogen-bond acceptors (Lipinski definition) is 4. The van der Waals surface area contributed by atoms with Crippen molar-refractivity contribution >= 4 is 41.3 Å². The Labute approximate surface area is 181 Å². The van der Waals surface area contributed by atoms with Gasteiger partial charge >= 0.3 is 0 Å². The lowest BCUT2D eigenvalue weighted by molar-refractivity contribution is 0.292. The average molecular weight is 496 g/mol. The highest BCUT2D eigenvalue weighted by molar-refractivity contribution is 14.0. The molecule has 0 aliphatic carbocycles. The van der Waals surface area contributed by atoms with Gasteiger partial charge in [0.2, 0.25) is 0 Å². The van der Waals surface area contributed by atoms with E-state index in [2.05, 4.69) is 67.4 Å². The predicted molar refractivity (Wildman–Crippen MR) is 126 cm³/mol. The monoisotopic (exact) mass is 495 g/mol. The molecule has 1 aromatic heterocycles. The van der Waals surface area contributed by atoms with E-state index in [0.717, 1.165) is 36.2 Å². The fraction of sp³-hybridized carbons (Fsp3) is 0.789. The Hall–Kier alpha value is -0.410. The summed E-state index contributed by atoms with van der Waals surface area (Å²) in [5, 5.41) is 10.1. The Morgan fingerprint density at radius 1 is 1.31 bits per heavy atom. The molecule has 152 valence electrons. The van der Waals surface area contributed by atoms with Gasteiger partial charge in [0.15, 0.2) is 5.96 Å². The zero-order chi connectivity index (χ0) is 18.9. The summed E-state index contributed by atoms with van der Waals surface area (Å²) in [6.45, 7) is 17.4. The van der Waals surface area contributed by atoms with Crippen LogP contribution in [0.15, 0.2) is 10.4 Å². The van der Waals surface area contributed by atoms with E-state index in [-0.39, 0.29) is 29.4 Å². The standard InChI is InChI=1S/C19H37N5S.HI/c1-8-24(9-2)12-10-11-15(3)22-18(20-7)21-13-17-23-16(14-25-17)19(4,5)6;/h14-15H,8-13H2,1-7H3,(H2,20,21,22);1H. The normalized spacial score (nSPS) is 13.5. The molecule has 0 saturated carbocycles. The molecule has 7 heteroatoms. The van der Waals surface area contributed by atoms with Crippen molar-refractivity contribution < 1.29 is 0 Å². The van der Waals surface area contributed by atoms with Crippen LogP contribution < -0.4 is 10.6 Å². The van der Waals surface area contributed by atoms with Gasteiger partial charge in [-0.05, 0) is 39.4 Å². The highest BCUT2D eigenvalue weighted by Gasteiger charge is 2.17. The molecule has 0 aromatic carbocycles. The van der Waals surface area contributed by atoms with Crippen LogP contribution in [0.4, 0.5) is 0 Å². The van der Waals surface area contributed by atoms with Crippen molar-refractivity contribution in [1.82, 2.24) is 20.5 Å². The van der Waals surface area contributed by atoms with Crippen molar-refractivity contribution in [2.45, 2.75) is 72.4 Å². The molecule has 0 amide bonds. The number of hydrogen-bond donors (Lipinski definition) is 2. The lowest BCUT2D eigenvalue weighted by Gasteiger charge is -2.21. The van der Waals surface area contributed by atoms with E-state index < -0.39 is 0 Å². The summed E-state index contributed by atoms with van der Waals surface area (Å²) >= 11 is 1.71. The second-order valence-electron chi connectivity index (χ2n) is 7.52. The van der Waals surface area contributed by atoms with Crippen molar-refractivity contribution in [3.8, 4) is 0 Å². The summed E-state index contributed by atoms with van der Waals surface area (Å²) in [5.41, 5.74) is 1.26. The van der Waals surface area contributed by atoms with Crippen LogP contribution in [0.2, 0.25) is 0 Å². The molecule has 1 aromatic rings. The van der Waals surface area contributed by atoms with Crippen molar-refractivity contribution in [2.24, 2.45) is 4.99 Å². The first-order valence-corrected chi connectivity index (χ1v) is 10.3. The summed E-state index contributed by atoms with van der Waals surface area (Å²) in [5.74, 6) is 0.850. The van der Waals surface area contributed by atoms with Gasteiger partial charge in [0.25, 0.3) is 0 Å². The molecule has 0 fully saturated rings. The Balaban J connectivity index is 0.00000625. The van der Waals surface area contributed by atoms with Crippen LogP contribution in [0.25, 0.3) is 0 Å². The van der Waals surface area contributed by atoms with Crippen molar-refractivity contribution in [2.75, 3.05) is 26.7 Å². The topological polar surface area (TPSA) is 52.5 Å². The van der Waals surface area contributed by atoms with Crippen LogP contribution >= 0.6 is 35.3 Å². The molecular weight excluding hydrogens is 457 g/mol. The van der Waals surface area contributed by atoms with E-state index in [4.69, 9.17) is 4.98 Å². The van der Waals surface area contributed by atoms with Crippen molar-refractivity contribution in [3.63, 3.8) is 0 Å². The maximum Gasteiger partial charge on any atom is 0.191 e. The summed E-state index contributed by atoms with van der Waals surface area (Å²) in [7, 11) is 1.82. The van der Waals surface area contributed by atoms with Crippen LogP contribution in [0, 0.1) is 0 Å². The number of guanidine groups is 1. The fourth-order valence-corrected chi connectivity index (χ4v) is 3.52. The molecule has 26 heavy (non-hydrogen) atoms. The van der Waals surface area contributed by atoms with Crippen LogP contribution in [-0.4, -0.2) is 48.6 Å². The van der Waals surface area contributed by atoms with E-state index in [9.17, 15) is 0 Å². The van der Waals surface area contributed by atoms with Gasteiger partial charge in [-0.25, -0.2) is 4.98 Å². The minimum absolute atomic E-state index is 0. The Bertz CT molecular complexity index is 520. The van der Waals surface area contributed by atoms with E-state index >= 15 is 0 Å². The maximum atomic E-state index is 4.72. The van der Waals surface area contributed by atoms with Gasteiger partial charge in [-0.1, -0.05) is 34.6 Å². The molecule has 5 nitrogen and oxygen atoms in total. The van der Waals surface area contributed by atoms with E-state index in [1.807, 2.05) is 7.05 Å². The largest absolute Gasteiger partial charge is 0.354 e. The fourth-order valence-electron chi connectivity index (χ4n) is 2.56. The first-order chi connectivity index (χ1) is 11.8. The summed E-state index contributed by atoms with van der Waals surface area (Å²) in [6, 6.07) is 0.406. The number of aromatic nitrogens is 1. The third kappa shape index (κ3) is 9.50. The highest BCUT2D eigenvalue weighted by Crippen LogP contribution is 2.23. The number of thiazole rings is 1. The van der Waals surface area contributed by atoms with E-state index in [1.165, 1.54) is 13.0 Å². The second kappa shape index (κ2) is 12.9.